The second-order valence-electron chi connectivity index (χ2n) is 7.55. The summed E-state index contributed by atoms with van der Waals surface area (Å²) in [4.78, 5) is 39.0. The van der Waals surface area contributed by atoms with E-state index >= 15 is 0 Å². The van der Waals surface area contributed by atoms with Crippen LogP contribution in [0.15, 0.2) is 47.6 Å². The van der Waals surface area contributed by atoms with Crippen LogP contribution in [0.3, 0.4) is 0 Å². The first-order valence-electron chi connectivity index (χ1n) is 10.1. The number of nitrogens with zero attached hydrogens (tertiary/aromatic N) is 3. The third-order valence-corrected chi connectivity index (χ3v) is 5.65. The van der Waals surface area contributed by atoms with Crippen LogP contribution in [0.25, 0.3) is 0 Å². The highest BCUT2D eigenvalue weighted by Crippen LogP contribution is 2.39. The minimum atomic E-state index is -4.92. The zero-order chi connectivity index (χ0) is 26.3. The van der Waals surface area contributed by atoms with Crippen LogP contribution in [-0.2, 0) is 25.4 Å². The number of amides is 3. The molecular formula is C22H18Cl2F3N3O7. The highest BCUT2D eigenvalue weighted by Gasteiger charge is 2.55. The molecule has 2 aromatic carbocycles. The molecule has 1 atom stereocenters. The van der Waals surface area contributed by atoms with Gasteiger partial charge in [-0.2, -0.15) is 15.0 Å². The van der Waals surface area contributed by atoms with Crippen molar-refractivity contribution in [3.63, 3.8) is 0 Å². The molecule has 15 heteroatoms. The molecule has 0 saturated carbocycles. The molecule has 3 amide bonds. The summed E-state index contributed by atoms with van der Waals surface area (Å²) in [5.74, 6) is -1.31. The Balaban J connectivity index is 0.00000380. The fourth-order valence-electron chi connectivity index (χ4n) is 3.87. The second kappa shape index (κ2) is 10.4. The monoisotopic (exact) mass is 563 g/mol. The van der Waals surface area contributed by atoms with Crippen molar-refractivity contribution in [2.24, 2.45) is 5.10 Å². The molecule has 0 bridgehead atoms. The molecule has 198 valence electrons. The van der Waals surface area contributed by atoms with Crippen molar-refractivity contribution in [2.45, 2.75) is 18.4 Å². The molecule has 37 heavy (non-hydrogen) atoms. The number of rotatable bonds is 3. The van der Waals surface area contributed by atoms with Gasteiger partial charge >= 0.3 is 24.5 Å². The Hall–Kier alpha value is -3.55. The maximum Gasteiger partial charge on any atom is 0.573 e. The zero-order valence-corrected chi connectivity index (χ0v) is 20.6. The average Bonchev–Trinajstić information content (AvgIpc) is 3.17. The summed E-state index contributed by atoms with van der Waals surface area (Å²) in [7, 11) is 2.19. The number of imide groups is 1. The molecule has 1 heterocycles. The topological polar surface area (TPSA) is 107 Å². The molecule has 0 fully saturated rings. The van der Waals surface area contributed by atoms with Crippen LogP contribution in [-0.4, -0.2) is 61.7 Å². The standard InChI is InChI=1S/C22H17ClF3N3O7.ClH/c1-33-18(30)21-10-12-9-13(23)3-8-16(12)17(21)27-28(11-35-21)19(31)29(20(32)34-2)14-4-6-15(7-5-14)36-22(24,25)26;/h3-9H,10-11H2,1-2H3;1H/t21-;/m0./s1. The fraction of sp³-hybridized carbons (Fsp3) is 0.273. The van der Waals surface area contributed by atoms with Gasteiger partial charge in [0, 0.05) is 17.0 Å². The zero-order valence-electron chi connectivity index (χ0n) is 19.1. The number of hydrogen-bond acceptors (Lipinski definition) is 8. The summed E-state index contributed by atoms with van der Waals surface area (Å²) in [6.07, 6.45) is -6.01. The summed E-state index contributed by atoms with van der Waals surface area (Å²) >= 11 is 6.07. The van der Waals surface area contributed by atoms with Gasteiger partial charge in [0.05, 0.1) is 19.9 Å². The predicted molar refractivity (Wildman–Crippen MR) is 125 cm³/mol. The lowest BCUT2D eigenvalue weighted by molar-refractivity contribution is -0.274. The number of hydrogen-bond donors (Lipinski definition) is 0. The van der Waals surface area contributed by atoms with E-state index in [0.29, 0.717) is 21.0 Å². The number of urea groups is 1. The molecule has 1 aliphatic carbocycles. The molecule has 2 aromatic rings. The molecule has 0 saturated heterocycles. The van der Waals surface area contributed by atoms with E-state index in [-0.39, 0.29) is 30.2 Å². The van der Waals surface area contributed by atoms with E-state index in [2.05, 4.69) is 14.6 Å². The van der Waals surface area contributed by atoms with E-state index < -0.39 is 42.5 Å². The molecule has 4 rings (SSSR count). The lowest BCUT2D eigenvalue weighted by Gasteiger charge is -2.35. The number of alkyl halides is 3. The molecule has 1 aliphatic heterocycles. The van der Waals surface area contributed by atoms with Crippen molar-refractivity contribution >= 4 is 53.5 Å². The van der Waals surface area contributed by atoms with E-state index in [1.807, 2.05) is 0 Å². The third kappa shape index (κ3) is 5.29. The first-order chi connectivity index (χ1) is 17.0. The Morgan fingerprint density at radius 1 is 1.11 bits per heavy atom. The molecule has 0 N–H and O–H groups in total. The van der Waals surface area contributed by atoms with Crippen LogP contribution in [0.2, 0.25) is 5.02 Å². The smallest absolute Gasteiger partial charge is 0.467 e. The summed E-state index contributed by atoms with van der Waals surface area (Å²) in [6, 6.07) is 7.70. The van der Waals surface area contributed by atoms with Crippen molar-refractivity contribution in [1.82, 2.24) is 5.01 Å². The molecule has 0 unspecified atom stereocenters. The van der Waals surface area contributed by atoms with Crippen LogP contribution in [0, 0.1) is 0 Å². The van der Waals surface area contributed by atoms with Gasteiger partial charge in [0.1, 0.15) is 18.2 Å². The van der Waals surface area contributed by atoms with Gasteiger partial charge in [0.25, 0.3) is 0 Å². The molecule has 0 aromatic heterocycles. The highest BCUT2D eigenvalue weighted by atomic mass is 35.5. The normalized spacial score (nSPS) is 18.0. The van der Waals surface area contributed by atoms with Crippen LogP contribution < -0.4 is 9.64 Å². The van der Waals surface area contributed by atoms with Crippen molar-refractivity contribution < 1.29 is 46.5 Å². The van der Waals surface area contributed by atoms with Gasteiger partial charge in [0.2, 0.25) is 5.60 Å². The van der Waals surface area contributed by atoms with Gasteiger partial charge in [-0.25, -0.2) is 14.4 Å². The van der Waals surface area contributed by atoms with E-state index in [1.54, 1.807) is 18.2 Å². The van der Waals surface area contributed by atoms with E-state index in [4.69, 9.17) is 21.1 Å². The van der Waals surface area contributed by atoms with Crippen LogP contribution in [0.5, 0.6) is 5.75 Å². The van der Waals surface area contributed by atoms with Gasteiger partial charge < -0.3 is 18.9 Å². The van der Waals surface area contributed by atoms with Crippen molar-refractivity contribution in [1.29, 1.82) is 0 Å². The lowest BCUT2D eigenvalue weighted by Crippen LogP contribution is -2.56. The summed E-state index contributed by atoms with van der Waals surface area (Å²) in [5.41, 5.74) is -0.582. The van der Waals surface area contributed by atoms with Gasteiger partial charge in [-0.1, -0.05) is 17.7 Å². The summed E-state index contributed by atoms with van der Waals surface area (Å²) in [5, 5.41) is 5.48. The number of anilines is 1. The van der Waals surface area contributed by atoms with Crippen molar-refractivity contribution in [2.75, 3.05) is 25.9 Å². The van der Waals surface area contributed by atoms with E-state index in [1.165, 1.54) is 7.11 Å². The Kier molecular flexibility index (Phi) is 7.91. The van der Waals surface area contributed by atoms with Crippen LogP contribution >= 0.6 is 24.0 Å². The maximum atomic E-state index is 13.3. The first kappa shape index (κ1) is 28.0. The number of carbonyl (C=O) groups excluding carboxylic acids is 3. The lowest BCUT2D eigenvalue weighted by atomic mass is 9.97. The van der Waals surface area contributed by atoms with Crippen LogP contribution in [0.1, 0.15) is 11.1 Å². The second-order valence-corrected chi connectivity index (χ2v) is 7.98. The van der Waals surface area contributed by atoms with Crippen molar-refractivity contribution in [3.05, 3.63) is 58.6 Å². The molecule has 0 radical (unpaired) electrons. The number of esters is 1. The molecular weight excluding hydrogens is 546 g/mol. The number of hydrazone groups is 1. The maximum absolute atomic E-state index is 13.3. The number of fused-ring (bicyclic) bond motifs is 3. The van der Waals surface area contributed by atoms with Crippen molar-refractivity contribution in [3.8, 4) is 5.75 Å². The number of halogens is 5. The predicted octanol–water partition coefficient (Wildman–Crippen LogP) is 4.52. The minimum absolute atomic E-state index is 0. The Bertz CT molecular complexity index is 1260. The summed E-state index contributed by atoms with van der Waals surface area (Å²) in [6.45, 7) is -0.554. The Morgan fingerprint density at radius 3 is 2.38 bits per heavy atom. The fourth-order valence-corrected chi connectivity index (χ4v) is 4.07. The van der Waals surface area contributed by atoms with Gasteiger partial charge in [-0.3, -0.25) is 0 Å². The minimum Gasteiger partial charge on any atom is -0.467 e. The largest absolute Gasteiger partial charge is 0.573 e. The number of ether oxygens (including phenoxy) is 4. The first-order valence-corrected chi connectivity index (χ1v) is 10.5. The van der Waals surface area contributed by atoms with Gasteiger partial charge in [-0.15, -0.1) is 25.6 Å². The van der Waals surface area contributed by atoms with Crippen LogP contribution in [0.4, 0.5) is 28.4 Å². The molecule has 0 spiro atoms. The van der Waals surface area contributed by atoms with Gasteiger partial charge in [0.15, 0.2) is 0 Å². The quantitative estimate of drug-likeness (QED) is 0.505. The SMILES string of the molecule is COC(=O)N(C(=O)N1CO[C@@]2(C(=O)OC)Cc3cc(Cl)ccc3C2=N1)c1ccc(OC(F)(F)F)cc1.Cl. The number of methoxy groups -OCH3 is 2. The highest BCUT2D eigenvalue weighted by molar-refractivity contribution is 6.31. The third-order valence-electron chi connectivity index (χ3n) is 5.41. The van der Waals surface area contributed by atoms with E-state index in [0.717, 1.165) is 36.4 Å². The molecule has 10 nitrogen and oxygen atoms in total. The number of carbonyl (C=O) groups is 3. The van der Waals surface area contributed by atoms with Gasteiger partial charge in [-0.05, 0) is 42.0 Å². The number of benzene rings is 2. The summed E-state index contributed by atoms with van der Waals surface area (Å²) < 4.78 is 56.6. The Morgan fingerprint density at radius 2 is 1.78 bits per heavy atom. The molecule has 2 aliphatic rings. The van der Waals surface area contributed by atoms with E-state index in [9.17, 15) is 27.6 Å². The average molecular weight is 564 g/mol. The Labute approximate surface area is 218 Å².